The van der Waals surface area contributed by atoms with Crippen molar-refractivity contribution in [1.29, 1.82) is 0 Å². The Kier molecular flexibility index (Phi) is 8.14. The number of benzene rings is 2. The molecule has 0 aliphatic heterocycles. The Hall–Kier alpha value is -2.73. The number of hydrogen-bond acceptors (Lipinski definition) is 5. The minimum atomic E-state index is -0.361. The molecule has 6 nitrogen and oxygen atoms in total. The van der Waals surface area contributed by atoms with Gasteiger partial charge in [-0.1, -0.05) is 38.5 Å². The van der Waals surface area contributed by atoms with Crippen LogP contribution in [-0.2, 0) is 17.9 Å². The van der Waals surface area contributed by atoms with Crippen LogP contribution in [0.3, 0.4) is 0 Å². The van der Waals surface area contributed by atoms with Crippen molar-refractivity contribution in [3.63, 3.8) is 0 Å². The van der Waals surface area contributed by atoms with E-state index in [-0.39, 0.29) is 17.9 Å². The number of carbonyl (C=O) groups is 1. The van der Waals surface area contributed by atoms with Gasteiger partial charge in [-0.2, -0.15) is 0 Å². The van der Waals surface area contributed by atoms with Crippen LogP contribution >= 0.6 is 0 Å². The predicted molar refractivity (Wildman–Crippen MR) is 110 cm³/mol. The molecule has 0 saturated carbocycles. The van der Waals surface area contributed by atoms with Crippen LogP contribution in [0.25, 0.3) is 0 Å². The molecule has 2 atom stereocenters. The number of rotatable bonds is 11. The molecule has 0 aliphatic carbocycles. The maximum Gasteiger partial charge on any atom is 0.234 e. The molecule has 2 aromatic carbocycles. The summed E-state index contributed by atoms with van der Waals surface area (Å²) in [4.78, 5) is 11.7. The van der Waals surface area contributed by atoms with E-state index in [1.54, 1.807) is 14.2 Å². The summed E-state index contributed by atoms with van der Waals surface area (Å²) >= 11 is 0. The van der Waals surface area contributed by atoms with Crippen LogP contribution in [0.15, 0.2) is 42.5 Å². The van der Waals surface area contributed by atoms with Crippen LogP contribution in [0, 0.1) is 5.92 Å². The second kappa shape index (κ2) is 10.6. The maximum absolute atomic E-state index is 11.7. The predicted octanol–water partition coefficient (Wildman–Crippen LogP) is 3.27. The number of nitrogens with two attached hydrogens (primary N) is 1. The summed E-state index contributed by atoms with van der Waals surface area (Å²) < 4.78 is 16.6. The largest absolute Gasteiger partial charge is 0.497 e. The molecular weight excluding hydrogens is 356 g/mol. The van der Waals surface area contributed by atoms with Crippen molar-refractivity contribution in [3.8, 4) is 17.2 Å². The van der Waals surface area contributed by atoms with E-state index < -0.39 is 0 Å². The molecule has 3 N–H and O–H groups in total. The normalized spacial score (nSPS) is 12.9. The Labute approximate surface area is 167 Å². The molecule has 0 aromatic heterocycles. The molecule has 0 spiro atoms. The van der Waals surface area contributed by atoms with E-state index in [0.29, 0.717) is 24.7 Å². The van der Waals surface area contributed by atoms with Gasteiger partial charge in [-0.25, -0.2) is 0 Å². The Morgan fingerprint density at radius 2 is 1.86 bits per heavy atom. The second-order valence-corrected chi connectivity index (χ2v) is 6.77. The first-order valence-electron chi connectivity index (χ1n) is 9.43. The van der Waals surface area contributed by atoms with Gasteiger partial charge in [-0.05, 0) is 41.3 Å². The van der Waals surface area contributed by atoms with Crippen molar-refractivity contribution in [2.75, 3.05) is 14.2 Å². The van der Waals surface area contributed by atoms with E-state index in [4.69, 9.17) is 19.9 Å². The molecule has 152 valence electrons. The van der Waals surface area contributed by atoms with Crippen LogP contribution in [-0.4, -0.2) is 26.2 Å². The smallest absolute Gasteiger partial charge is 0.234 e. The number of hydrogen-bond donors (Lipinski definition) is 2. The highest BCUT2D eigenvalue weighted by molar-refractivity contribution is 5.80. The highest BCUT2D eigenvalue weighted by Gasteiger charge is 2.21. The molecule has 0 saturated heterocycles. The molecule has 0 bridgehead atoms. The lowest BCUT2D eigenvalue weighted by atomic mass is 9.98. The Balaban J connectivity index is 2.03. The van der Waals surface area contributed by atoms with Gasteiger partial charge in [0.15, 0.2) is 11.5 Å². The van der Waals surface area contributed by atoms with Gasteiger partial charge in [0.2, 0.25) is 5.91 Å². The number of methoxy groups -OCH3 is 2. The van der Waals surface area contributed by atoms with Gasteiger partial charge in [0, 0.05) is 6.54 Å². The van der Waals surface area contributed by atoms with Crippen LogP contribution < -0.4 is 25.3 Å². The molecule has 1 amide bonds. The molecular formula is C22H30N2O4. The number of amides is 1. The summed E-state index contributed by atoms with van der Waals surface area (Å²) in [5.74, 6) is 1.92. The van der Waals surface area contributed by atoms with E-state index in [1.165, 1.54) is 0 Å². The second-order valence-electron chi connectivity index (χ2n) is 6.77. The number of primary amides is 1. The van der Waals surface area contributed by atoms with Gasteiger partial charge in [-0.15, -0.1) is 0 Å². The van der Waals surface area contributed by atoms with Crippen molar-refractivity contribution in [3.05, 3.63) is 53.6 Å². The van der Waals surface area contributed by atoms with E-state index in [0.717, 1.165) is 23.3 Å². The van der Waals surface area contributed by atoms with Crippen molar-refractivity contribution >= 4 is 5.91 Å². The third-order valence-corrected chi connectivity index (χ3v) is 4.80. The minimum absolute atomic E-state index is 0.171. The van der Waals surface area contributed by atoms with E-state index in [2.05, 4.69) is 5.32 Å². The highest BCUT2D eigenvalue weighted by Crippen LogP contribution is 2.29. The Morgan fingerprint density at radius 3 is 2.50 bits per heavy atom. The van der Waals surface area contributed by atoms with Crippen molar-refractivity contribution in [1.82, 2.24) is 5.32 Å². The topological polar surface area (TPSA) is 82.8 Å². The van der Waals surface area contributed by atoms with Gasteiger partial charge in [0.25, 0.3) is 0 Å². The quantitative estimate of drug-likeness (QED) is 0.619. The molecule has 2 aromatic rings. The molecule has 0 radical (unpaired) electrons. The lowest BCUT2D eigenvalue weighted by molar-refractivity contribution is -0.121. The zero-order valence-electron chi connectivity index (χ0n) is 17.0. The highest BCUT2D eigenvalue weighted by atomic mass is 16.5. The van der Waals surface area contributed by atoms with Gasteiger partial charge >= 0.3 is 0 Å². The lowest BCUT2D eigenvalue weighted by Gasteiger charge is -2.21. The van der Waals surface area contributed by atoms with Crippen molar-refractivity contribution < 1.29 is 19.0 Å². The molecule has 28 heavy (non-hydrogen) atoms. The Bertz CT molecular complexity index is 779. The van der Waals surface area contributed by atoms with E-state index >= 15 is 0 Å². The maximum atomic E-state index is 11.7. The first kappa shape index (κ1) is 21.6. The van der Waals surface area contributed by atoms with Crippen molar-refractivity contribution in [2.45, 2.75) is 39.5 Å². The summed E-state index contributed by atoms with van der Waals surface area (Å²) in [6.07, 6.45) is 0.876. The molecule has 2 rings (SSSR count). The lowest BCUT2D eigenvalue weighted by Crippen LogP contribution is -2.45. The van der Waals surface area contributed by atoms with Crippen LogP contribution in [0.4, 0.5) is 0 Å². The van der Waals surface area contributed by atoms with Gasteiger partial charge in [0.05, 0.1) is 20.3 Å². The third kappa shape index (κ3) is 5.89. The average Bonchev–Trinajstić information content (AvgIpc) is 2.72. The SMILES string of the molecule is CCC(C)[C@H](NCc1ccc(OCc2cccc(OC)c2)c(OC)c1)C(N)=O. The van der Waals surface area contributed by atoms with Crippen LogP contribution in [0.2, 0.25) is 0 Å². The van der Waals surface area contributed by atoms with Crippen molar-refractivity contribution in [2.24, 2.45) is 11.7 Å². The molecule has 0 heterocycles. The zero-order valence-corrected chi connectivity index (χ0v) is 17.0. The minimum Gasteiger partial charge on any atom is -0.497 e. The fraction of sp³-hybridized carbons (Fsp3) is 0.409. The third-order valence-electron chi connectivity index (χ3n) is 4.80. The average molecular weight is 386 g/mol. The fourth-order valence-corrected chi connectivity index (χ4v) is 2.91. The molecule has 0 fully saturated rings. The number of nitrogens with one attached hydrogen (secondary N) is 1. The summed E-state index contributed by atoms with van der Waals surface area (Å²) in [6, 6.07) is 13.1. The monoisotopic (exact) mass is 386 g/mol. The van der Waals surface area contributed by atoms with E-state index in [9.17, 15) is 4.79 Å². The summed E-state index contributed by atoms with van der Waals surface area (Å²) in [6.45, 7) is 4.98. The van der Waals surface area contributed by atoms with Gasteiger partial charge in [0.1, 0.15) is 12.4 Å². The van der Waals surface area contributed by atoms with Crippen LogP contribution in [0.5, 0.6) is 17.2 Å². The Morgan fingerprint density at radius 1 is 1.07 bits per heavy atom. The van der Waals surface area contributed by atoms with Gasteiger partial charge in [-0.3, -0.25) is 4.79 Å². The first-order chi connectivity index (χ1) is 13.5. The van der Waals surface area contributed by atoms with Gasteiger partial charge < -0.3 is 25.3 Å². The fourth-order valence-electron chi connectivity index (χ4n) is 2.91. The first-order valence-corrected chi connectivity index (χ1v) is 9.43. The number of ether oxygens (including phenoxy) is 3. The standard InChI is InChI=1S/C22H30N2O4/c1-5-15(2)21(22(23)25)24-13-16-9-10-19(20(12-16)27-4)28-14-17-7-6-8-18(11-17)26-3/h6-12,15,21,24H,5,13-14H2,1-4H3,(H2,23,25)/t15?,21-/m0/s1. The summed E-state index contributed by atoms with van der Waals surface area (Å²) in [7, 11) is 3.25. The number of carbonyl (C=O) groups excluding carboxylic acids is 1. The summed E-state index contributed by atoms with van der Waals surface area (Å²) in [5.41, 5.74) is 7.51. The zero-order chi connectivity index (χ0) is 20.5. The van der Waals surface area contributed by atoms with E-state index in [1.807, 2.05) is 56.3 Å². The summed E-state index contributed by atoms with van der Waals surface area (Å²) in [5, 5.41) is 3.24. The van der Waals surface area contributed by atoms with Crippen LogP contribution in [0.1, 0.15) is 31.4 Å². The molecule has 1 unspecified atom stereocenters. The molecule has 6 heteroatoms. The molecule has 0 aliphatic rings.